The van der Waals surface area contributed by atoms with Gasteiger partial charge in [0, 0.05) is 24.0 Å². The maximum absolute atomic E-state index is 12.5. The number of allylic oxidation sites excluding steroid dienone is 4. The fraction of sp³-hybridized carbons (Fsp3) is 0.100. The maximum atomic E-state index is 12.5. The second-order valence-electron chi connectivity index (χ2n) is 5.51. The first-order chi connectivity index (χ1) is 11.1. The highest BCUT2D eigenvalue weighted by atomic mass is 32.1. The number of hydrogen-bond donors (Lipinski definition) is 1. The summed E-state index contributed by atoms with van der Waals surface area (Å²) in [5.74, 6) is -0.271. The third-order valence-electron chi connectivity index (χ3n) is 3.86. The van der Waals surface area contributed by atoms with Crippen molar-refractivity contribution in [3.63, 3.8) is 0 Å². The average Bonchev–Trinajstić information content (AvgIpc) is 2.58. The molecule has 0 aliphatic heterocycles. The Kier molecular flexibility index (Phi) is 4.58. The Morgan fingerprint density at radius 2 is 1.26 bits per heavy atom. The molecule has 3 heteroatoms. The van der Waals surface area contributed by atoms with Crippen LogP contribution in [-0.2, 0) is 22.4 Å². The van der Waals surface area contributed by atoms with Gasteiger partial charge in [0.05, 0.1) is 4.91 Å². The van der Waals surface area contributed by atoms with Gasteiger partial charge in [-0.3, -0.25) is 9.59 Å². The second-order valence-corrected chi connectivity index (χ2v) is 5.96. The molecule has 0 saturated carbocycles. The smallest absolute Gasteiger partial charge is 0.195 e. The van der Waals surface area contributed by atoms with Gasteiger partial charge in [0.15, 0.2) is 11.6 Å². The van der Waals surface area contributed by atoms with Crippen LogP contribution < -0.4 is 0 Å². The van der Waals surface area contributed by atoms with Crippen molar-refractivity contribution in [3.05, 3.63) is 93.9 Å². The van der Waals surface area contributed by atoms with Crippen LogP contribution >= 0.6 is 12.6 Å². The third-order valence-corrected chi connectivity index (χ3v) is 4.33. The Morgan fingerprint density at radius 1 is 0.739 bits per heavy atom. The van der Waals surface area contributed by atoms with Crippen molar-refractivity contribution < 1.29 is 9.59 Å². The van der Waals surface area contributed by atoms with E-state index in [0.717, 1.165) is 11.1 Å². The molecule has 0 aromatic heterocycles. The van der Waals surface area contributed by atoms with E-state index in [-0.39, 0.29) is 16.5 Å². The monoisotopic (exact) mass is 320 g/mol. The lowest BCUT2D eigenvalue weighted by atomic mass is 9.89. The molecule has 0 N–H and O–H groups in total. The van der Waals surface area contributed by atoms with Crippen molar-refractivity contribution in [3.8, 4) is 0 Å². The van der Waals surface area contributed by atoms with Gasteiger partial charge in [-0.15, -0.1) is 12.6 Å². The SMILES string of the molecule is O=C1C=C(Cc2ccccc2)C(=O)C(S)=C1Cc1ccccc1. The molecule has 0 heterocycles. The van der Waals surface area contributed by atoms with Crippen molar-refractivity contribution in [2.75, 3.05) is 0 Å². The van der Waals surface area contributed by atoms with Gasteiger partial charge < -0.3 is 0 Å². The number of thiol groups is 1. The molecular weight excluding hydrogens is 304 g/mol. The minimum absolute atomic E-state index is 0.121. The highest BCUT2D eigenvalue weighted by molar-refractivity contribution is 7.85. The number of hydrogen-bond acceptors (Lipinski definition) is 3. The molecule has 23 heavy (non-hydrogen) atoms. The second kappa shape index (κ2) is 6.80. The lowest BCUT2D eigenvalue weighted by Crippen LogP contribution is -2.19. The Bertz CT molecular complexity index is 802. The number of Topliss-reactive ketones (excluding diaryl/α,β-unsaturated/α-hetero) is 1. The van der Waals surface area contributed by atoms with Crippen molar-refractivity contribution >= 4 is 24.2 Å². The van der Waals surface area contributed by atoms with Gasteiger partial charge in [0.2, 0.25) is 0 Å². The summed E-state index contributed by atoms with van der Waals surface area (Å²) in [6.07, 6.45) is 2.35. The molecule has 2 nitrogen and oxygen atoms in total. The topological polar surface area (TPSA) is 34.1 Å². The third kappa shape index (κ3) is 3.51. The van der Waals surface area contributed by atoms with Crippen LogP contribution in [0.3, 0.4) is 0 Å². The van der Waals surface area contributed by atoms with Gasteiger partial charge in [-0.05, 0) is 17.2 Å². The van der Waals surface area contributed by atoms with Gasteiger partial charge in [-0.2, -0.15) is 0 Å². The molecule has 2 aromatic rings. The Hall–Kier alpha value is -2.39. The Labute approximate surface area is 141 Å². The standard InChI is InChI=1S/C20H16O2S/c21-18-13-16(11-14-7-3-1-4-8-14)19(22)20(23)17(18)12-15-9-5-2-6-10-15/h1-10,13,23H,11-12H2. The molecule has 1 aliphatic carbocycles. The minimum atomic E-state index is -0.150. The maximum Gasteiger partial charge on any atom is 0.195 e. The molecule has 0 unspecified atom stereocenters. The molecule has 0 spiro atoms. The Morgan fingerprint density at radius 3 is 1.83 bits per heavy atom. The molecule has 0 radical (unpaired) electrons. The zero-order valence-corrected chi connectivity index (χ0v) is 13.4. The molecular formula is C20H16O2S. The molecule has 3 rings (SSSR count). The summed E-state index contributed by atoms with van der Waals surface area (Å²) in [7, 11) is 0. The quantitative estimate of drug-likeness (QED) is 0.688. The van der Waals surface area contributed by atoms with Crippen molar-refractivity contribution in [1.82, 2.24) is 0 Å². The summed E-state index contributed by atoms with van der Waals surface area (Å²) in [5, 5.41) is 0. The molecule has 1 aliphatic rings. The highest BCUT2D eigenvalue weighted by Crippen LogP contribution is 2.26. The van der Waals surface area contributed by atoms with Crippen LogP contribution in [0.2, 0.25) is 0 Å². The van der Waals surface area contributed by atoms with Crippen LogP contribution in [0.5, 0.6) is 0 Å². The summed E-state index contributed by atoms with van der Waals surface area (Å²) >= 11 is 4.33. The van der Waals surface area contributed by atoms with E-state index < -0.39 is 0 Å². The molecule has 0 atom stereocenters. The van der Waals surface area contributed by atoms with E-state index in [1.807, 2.05) is 60.7 Å². The molecule has 0 amide bonds. The van der Waals surface area contributed by atoms with E-state index in [1.165, 1.54) is 6.08 Å². The van der Waals surface area contributed by atoms with Crippen LogP contribution in [-0.4, -0.2) is 11.6 Å². The van der Waals surface area contributed by atoms with Crippen LogP contribution in [0.15, 0.2) is 82.8 Å². The van der Waals surface area contributed by atoms with Gasteiger partial charge in [0.1, 0.15) is 0 Å². The first kappa shape index (κ1) is 15.5. The fourth-order valence-electron chi connectivity index (χ4n) is 2.63. The fourth-order valence-corrected chi connectivity index (χ4v) is 2.97. The number of carbonyl (C=O) groups is 2. The van der Waals surface area contributed by atoms with E-state index in [0.29, 0.717) is 24.0 Å². The summed E-state index contributed by atoms with van der Waals surface area (Å²) < 4.78 is 0. The first-order valence-electron chi connectivity index (χ1n) is 7.44. The lowest BCUT2D eigenvalue weighted by Gasteiger charge is -2.16. The molecule has 0 bridgehead atoms. The highest BCUT2D eigenvalue weighted by Gasteiger charge is 2.26. The summed E-state index contributed by atoms with van der Waals surface area (Å²) in [5.41, 5.74) is 2.98. The Balaban J connectivity index is 1.83. The van der Waals surface area contributed by atoms with E-state index in [1.54, 1.807) is 0 Å². The van der Waals surface area contributed by atoms with E-state index in [4.69, 9.17) is 0 Å². The van der Waals surface area contributed by atoms with Gasteiger partial charge in [0.25, 0.3) is 0 Å². The number of rotatable bonds is 4. The number of benzene rings is 2. The summed E-state index contributed by atoms with van der Waals surface area (Å²) in [6.45, 7) is 0. The summed E-state index contributed by atoms with van der Waals surface area (Å²) in [4.78, 5) is 25.2. The van der Waals surface area contributed by atoms with Crippen LogP contribution in [0.1, 0.15) is 11.1 Å². The largest absolute Gasteiger partial charge is 0.290 e. The predicted molar refractivity (Wildman–Crippen MR) is 94.4 cm³/mol. The molecule has 2 aromatic carbocycles. The van der Waals surface area contributed by atoms with E-state index in [9.17, 15) is 9.59 Å². The lowest BCUT2D eigenvalue weighted by molar-refractivity contribution is -0.115. The van der Waals surface area contributed by atoms with E-state index in [2.05, 4.69) is 12.6 Å². The van der Waals surface area contributed by atoms with Gasteiger partial charge in [-0.25, -0.2) is 0 Å². The normalized spacial score (nSPS) is 14.9. The molecule has 0 saturated heterocycles. The van der Waals surface area contributed by atoms with Crippen molar-refractivity contribution in [2.45, 2.75) is 12.8 Å². The predicted octanol–water partition coefficient (Wildman–Crippen LogP) is 3.73. The van der Waals surface area contributed by atoms with Crippen molar-refractivity contribution in [2.24, 2.45) is 0 Å². The van der Waals surface area contributed by atoms with E-state index >= 15 is 0 Å². The summed E-state index contributed by atoms with van der Waals surface area (Å²) in [6, 6.07) is 19.3. The van der Waals surface area contributed by atoms with Crippen LogP contribution in [0.4, 0.5) is 0 Å². The zero-order valence-electron chi connectivity index (χ0n) is 12.5. The van der Waals surface area contributed by atoms with Crippen LogP contribution in [0.25, 0.3) is 0 Å². The average molecular weight is 320 g/mol. The number of ketones is 2. The van der Waals surface area contributed by atoms with Gasteiger partial charge in [-0.1, -0.05) is 60.7 Å². The zero-order chi connectivity index (χ0) is 16.2. The van der Waals surface area contributed by atoms with Gasteiger partial charge >= 0.3 is 0 Å². The first-order valence-corrected chi connectivity index (χ1v) is 7.89. The molecule has 0 fully saturated rings. The molecule has 114 valence electrons. The van der Waals surface area contributed by atoms with Crippen LogP contribution in [0, 0.1) is 0 Å². The number of carbonyl (C=O) groups excluding carboxylic acids is 2. The minimum Gasteiger partial charge on any atom is -0.290 e. The van der Waals surface area contributed by atoms with Crippen molar-refractivity contribution in [1.29, 1.82) is 0 Å².